The summed E-state index contributed by atoms with van der Waals surface area (Å²) < 4.78 is 5.54. The van der Waals surface area contributed by atoms with Gasteiger partial charge in [-0.05, 0) is 29.0 Å². The lowest BCUT2D eigenvalue weighted by Gasteiger charge is -2.49. The van der Waals surface area contributed by atoms with Crippen molar-refractivity contribution >= 4 is 63.7 Å². The minimum Gasteiger partial charge on any atom is -0.477 e. The highest BCUT2D eigenvalue weighted by molar-refractivity contribution is 8.01. The van der Waals surface area contributed by atoms with Gasteiger partial charge in [-0.3, -0.25) is 14.5 Å². The number of hydrogen-bond acceptors (Lipinski definition) is 15. The van der Waals surface area contributed by atoms with Crippen molar-refractivity contribution in [2.45, 2.75) is 29.5 Å². The predicted molar refractivity (Wildman–Crippen MR) is 138 cm³/mol. The molecule has 0 spiro atoms. The van der Waals surface area contributed by atoms with E-state index < -0.39 is 29.2 Å². The Morgan fingerprint density at radius 2 is 2.24 bits per heavy atom. The van der Waals surface area contributed by atoms with Gasteiger partial charge in [-0.1, -0.05) is 22.8 Å². The molecule has 0 saturated carbocycles. The van der Waals surface area contributed by atoms with Crippen LogP contribution < -0.4 is 16.8 Å². The van der Waals surface area contributed by atoms with E-state index in [0.29, 0.717) is 36.0 Å². The molecule has 19 heteroatoms. The number of oxime groups is 1. The standard InChI is InChI=1S/C19H21N11O5S3/c1-2-6-35-25-10(13-23-18(21)38-26-13)14(31)22-11-15(32)30-12(17(33)34)9(7-36-16(11)30)8-37-19-24-27-28-29(19)5-3-4-20/h1,11,16H,3-8,20H2,(H,22,31)(H,33,34)(H2,21,23,26)/b25-10+/t11?,16-/m1/s1. The van der Waals surface area contributed by atoms with Gasteiger partial charge >= 0.3 is 5.97 Å². The lowest BCUT2D eigenvalue weighted by Crippen LogP contribution is -2.71. The number of carboxylic acid groups (broad SMARTS) is 1. The molecular formula is C19H21N11O5S3. The van der Waals surface area contributed by atoms with Crippen LogP contribution in [0.25, 0.3) is 0 Å². The number of fused-ring (bicyclic) bond motifs is 1. The number of nitrogen functional groups attached to an aromatic ring is 1. The summed E-state index contributed by atoms with van der Waals surface area (Å²) in [7, 11) is 0. The molecule has 200 valence electrons. The van der Waals surface area contributed by atoms with Gasteiger partial charge in [0.1, 0.15) is 17.1 Å². The number of aliphatic carboxylic acids is 1. The summed E-state index contributed by atoms with van der Waals surface area (Å²) in [5, 5.41) is 27.7. The summed E-state index contributed by atoms with van der Waals surface area (Å²) in [6.45, 7) is 0.796. The van der Waals surface area contributed by atoms with Gasteiger partial charge in [-0.2, -0.15) is 9.36 Å². The van der Waals surface area contributed by atoms with Gasteiger partial charge in [-0.15, -0.1) is 23.3 Å². The molecule has 16 nitrogen and oxygen atoms in total. The number of β-lactam (4-membered cyclic amide) rings is 1. The Labute approximate surface area is 227 Å². The maximum atomic E-state index is 13.0. The van der Waals surface area contributed by atoms with Crippen molar-refractivity contribution in [1.29, 1.82) is 0 Å². The predicted octanol–water partition coefficient (Wildman–Crippen LogP) is -1.66. The Balaban J connectivity index is 1.47. The third-order valence-corrected chi connectivity index (χ3v) is 8.08. The molecule has 0 aromatic carbocycles. The SMILES string of the molecule is C#CCO/N=C(/C(=O)NC1C(=O)N2C(C(=O)O)=C(CSc3nnnn3CCCN)CS[C@H]12)c1nsc(N)n1. The molecule has 6 N–H and O–H groups in total. The highest BCUT2D eigenvalue weighted by atomic mass is 32.2. The first-order chi connectivity index (χ1) is 18.3. The van der Waals surface area contributed by atoms with E-state index in [2.05, 4.69) is 41.3 Å². The third kappa shape index (κ3) is 5.72. The Morgan fingerprint density at radius 3 is 2.92 bits per heavy atom. The largest absolute Gasteiger partial charge is 0.477 e. The summed E-state index contributed by atoms with van der Waals surface area (Å²) in [5.74, 6) is 0.0466. The van der Waals surface area contributed by atoms with Crippen LogP contribution in [0.4, 0.5) is 5.13 Å². The number of aryl methyl sites for hydroxylation is 1. The van der Waals surface area contributed by atoms with Gasteiger partial charge < -0.3 is 26.7 Å². The first kappa shape index (κ1) is 27.3. The van der Waals surface area contributed by atoms with Gasteiger partial charge in [0.15, 0.2) is 11.7 Å². The maximum Gasteiger partial charge on any atom is 0.352 e. The van der Waals surface area contributed by atoms with Crippen molar-refractivity contribution in [3.63, 3.8) is 0 Å². The zero-order chi connectivity index (χ0) is 27.2. The van der Waals surface area contributed by atoms with Crippen LogP contribution >= 0.6 is 35.1 Å². The molecule has 2 aliphatic rings. The molecule has 4 heterocycles. The molecule has 0 aliphatic carbocycles. The van der Waals surface area contributed by atoms with E-state index >= 15 is 0 Å². The molecule has 1 saturated heterocycles. The van der Waals surface area contributed by atoms with Crippen molar-refractivity contribution in [2.75, 3.05) is 30.4 Å². The van der Waals surface area contributed by atoms with Crippen molar-refractivity contribution in [1.82, 2.24) is 39.8 Å². The van der Waals surface area contributed by atoms with E-state index in [1.165, 1.54) is 28.4 Å². The smallest absolute Gasteiger partial charge is 0.352 e. The topological polar surface area (TPSA) is 230 Å². The van der Waals surface area contributed by atoms with E-state index in [4.69, 9.17) is 22.7 Å². The van der Waals surface area contributed by atoms with Gasteiger partial charge in [0.2, 0.25) is 16.7 Å². The number of nitrogens with one attached hydrogen (secondary N) is 1. The second kappa shape index (κ2) is 12.2. The number of hydrogen-bond donors (Lipinski definition) is 4. The lowest BCUT2D eigenvalue weighted by molar-refractivity contribution is -0.150. The first-order valence-electron chi connectivity index (χ1n) is 10.9. The summed E-state index contributed by atoms with van der Waals surface area (Å²) in [6.07, 6.45) is 5.83. The van der Waals surface area contributed by atoms with Crippen molar-refractivity contribution < 1.29 is 24.3 Å². The summed E-state index contributed by atoms with van der Waals surface area (Å²) in [4.78, 5) is 48.1. The maximum absolute atomic E-state index is 13.0. The molecule has 2 aromatic rings. The van der Waals surface area contributed by atoms with E-state index in [-0.39, 0.29) is 34.7 Å². The molecule has 0 radical (unpaired) electrons. The van der Waals surface area contributed by atoms with Crippen molar-refractivity contribution in [3.8, 4) is 12.3 Å². The van der Waals surface area contributed by atoms with Crippen LogP contribution in [0.5, 0.6) is 0 Å². The Bertz CT molecular complexity index is 1330. The number of terminal acetylenes is 1. The molecular weight excluding hydrogens is 558 g/mol. The quantitative estimate of drug-likeness (QED) is 0.0551. The number of nitrogens with zero attached hydrogens (tertiary/aromatic N) is 8. The summed E-state index contributed by atoms with van der Waals surface area (Å²) in [6, 6.07) is -1.01. The van der Waals surface area contributed by atoms with Crippen LogP contribution in [0.3, 0.4) is 0 Å². The number of anilines is 1. The summed E-state index contributed by atoms with van der Waals surface area (Å²) >= 11 is 3.43. The van der Waals surface area contributed by atoms with Crippen LogP contribution in [0.15, 0.2) is 21.6 Å². The van der Waals surface area contributed by atoms with Gasteiger partial charge in [0.05, 0.1) is 0 Å². The molecule has 1 unspecified atom stereocenters. The third-order valence-electron chi connectivity index (χ3n) is 5.16. The average molecular weight is 580 g/mol. The number of tetrazole rings is 1. The Kier molecular flexibility index (Phi) is 8.77. The highest BCUT2D eigenvalue weighted by Crippen LogP contribution is 2.41. The normalized spacial score (nSPS) is 19.0. The lowest BCUT2D eigenvalue weighted by atomic mass is 10.0. The fourth-order valence-corrected chi connectivity index (χ4v) is 6.31. The fourth-order valence-electron chi connectivity index (χ4n) is 3.49. The minimum absolute atomic E-state index is 0.0961. The number of aromatic nitrogens is 6. The average Bonchev–Trinajstić information content (AvgIpc) is 3.54. The molecule has 0 bridgehead atoms. The zero-order valence-electron chi connectivity index (χ0n) is 19.5. The number of thioether (sulfide) groups is 2. The monoisotopic (exact) mass is 579 g/mol. The number of rotatable bonds is 12. The molecule has 2 atom stereocenters. The van der Waals surface area contributed by atoms with Gasteiger partial charge in [0, 0.05) is 29.6 Å². The van der Waals surface area contributed by atoms with E-state index in [9.17, 15) is 19.5 Å². The fraction of sp³-hybridized carbons (Fsp3) is 0.421. The van der Waals surface area contributed by atoms with Crippen LogP contribution in [-0.4, -0.2) is 99.1 Å². The number of nitrogens with two attached hydrogens (primary N) is 2. The molecule has 38 heavy (non-hydrogen) atoms. The molecule has 1 fully saturated rings. The first-order valence-corrected chi connectivity index (χ1v) is 13.7. The second-order valence-corrected chi connectivity index (χ2v) is 10.4. The van der Waals surface area contributed by atoms with Crippen LogP contribution in [0.1, 0.15) is 12.2 Å². The second-order valence-electron chi connectivity index (χ2n) is 7.61. The van der Waals surface area contributed by atoms with Crippen molar-refractivity contribution in [2.24, 2.45) is 10.9 Å². The van der Waals surface area contributed by atoms with E-state index in [0.717, 1.165) is 11.5 Å². The van der Waals surface area contributed by atoms with Crippen LogP contribution in [-0.2, 0) is 25.8 Å². The Morgan fingerprint density at radius 1 is 1.42 bits per heavy atom. The zero-order valence-corrected chi connectivity index (χ0v) is 22.0. The van der Waals surface area contributed by atoms with Gasteiger partial charge in [0.25, 0.3) is 11.8 Å². The van der Waals surface area contributed by atoms with Crippen LogP contribution in [0.2, 0.25) is 0 Å². The van der Waals surface area contributed by atoms with Crippen LogP contribution in [0, 0.1) is 12.3 Å². The number of carboxylic acids is 1. The number of carbonyl (C=O) groups is 3. The van der Waals surface area contributed by atoms with Crippen molar-refractivity contribution in [3.05, 3.63) is 17.1 Å². The molecule has 4 rings (SSSR count). The number of carbonyl (C=O) groups excluding carboxylic acids is 2. The minimum atomic E-state index is -1.25. The van der Waals surface area contributed by atoms with E-state index in [1.807, 2.05) is 0 Å². The Hall–Kier alpha value is -3.73. The highest BCUT2D eigenvalue weighted by Gasteiger charge is 2.54. The molecule has 2 aromatic heterocycles. The number of amides is 2. The molecule has 2 aliphatic heterocycles. The summed E-state index contributed by atoms with van der Waals surface area (Å²) in [5.41, 5.74) is 11.2. The van der Waals surface area contributed by atoms with Gasteiger partial charge in [-0.25, -0.2) is 9.48 Å². The molecule has 2 amide bonds. The van der Waals surface area contributed by atoms with E-state index in [1.54, 1.807) is 4.68 Å².